The summed E-state index contributed by atoms with van der Waals surface area (Å²) >= 11 is 0. The number of fused-ring (bicyclic) bond motifs is 1. The Morgan fingerprint density at radius 2 is 2.18 bits per heavy atom. The molecule has 2 rings (SSSR count). The van der Waals surface area contributed by atoms with Gasteiger partial charge >= 0.3 is 0 Å². The fourth-order valence-corrected chi connectivity index (χ4v) is 1.99. The quantitative estimate of drug-likeness (QED) is 0.868. The SMILES string of the molecule is CNC(Cc1nccn2cnnc12)C(C)(C)C. The van der Waals surface area contributed by atoms with Crippen LogP contribution in [-0.2, 0) is 6.42 Å². The number of nitrogens with zero attached hydrogens (tertiary/aromatic N) is 4. The van der Waals surface area contributed by atoms with Crippen molar-refractivity contribution in [3.05, 3.63) is 24.4 Å². The summed E-state index contributed by atoms with van der Waals surface area (Å²) < 4.78 is 1.90. The molecule has 0 aromatic carbocycles. The lowest BCUT2D eigenvalue weighted by Gasteiger charge is -2.30. The van der Waals surface area contributed by atoms with Gasteiger partial charge in [0.25, 0.3) is 0 Å². The third-order valence-corrected chi connectivity index (χ3v) is 3.08. The van der Waals surface area contributed by atoms with E-state index in [0.717, 1.165) is 17.8 Å². The topological polar surface area (TPSA) is 55.1 Å². The average molecular weight is 233 g/mol. The largest absolute Gasteiger partial charge is 0.316 e. The van der Waals surface area contributed by atoms with Crippen molar-refractivity contribution in [2.24, 2.45) is 5.41 Å². The molecule has 92 valence electrons. The number of aromatic nitrogens is 4. The minimum Gasteiger partial charge on any atom is -0.316 e. The third-order valence-electron chi connectivity index (χ3n) is 3.08. The zero-order valence-corrected chi connectivity index (χ0v) is 10.8. The molecule has 0 aliphatic carbocycles. The second-order valence-electron chi connectivity index (χ2n) is 5.35. The molecule has 17 heavy (non-hydrogen) atoms. The average Bonchev–Trinajstić information content (AvgIpc) is 2.72. The van der Waals surface area contributed by atoms with Gasteiger partial charge in [-0.25, -0.2) is 0 Å². The molecule has 5 heteroatoms. The van der Waals surface area contributed by atoms with E-state index in [1.54, 1.807) is 12.5 Å². The van der Waals surface area contributed by atoms with Crippen LogP contribution in [0.15, 0.2) is 18.7 Å². The van der Waals surface area contributed by atoms with Crippen molar-refractivity contribution >= 4 is 5.65 Å². The van der Waals surface area contributed by atoms with Crippen LogP contribution in [0.25, 0.3) is 5.65 Å². The van der Waals surface area contributed by atoms with Gasteiger partial charge in [0, 0.05) is 24.9 Å². The van der Waals surface area contributed by atoms with E-state index >= 15 is 0 Å². The molecular weight excluding hydrogens is 214 g/mol. The van der Waals surface area contributed by atoms with Gasteiger partial charge < -0.3 is 5.32 Å². The van der Waals surface area contributed by atoms with E-state index in [1.807, 2.05) is 17.6 Å². The van der Waals surface area contributed by atoms with E-state index in [-0.39, 0.29) is 5.41 Å². The first-order chi connectivity index (χ1) is 8.02. The molecule has 2 aromatic rings. The summed E-state index contributed by atoms with van der Waals surface area (Å²) in [6, 6.07) is 0.359. The lowest BCUT2D eigenvalue weighted by Crippen LogP contribution is -2.40. The maximum Gasteiger partial charge on any atom is 0.182 e. The highest BCUT2D eigenvalue weighted by Crippen LogP contribution is 2.22. The summed E-state index contributed by atoms with van der Waals surface area (Å²) in [7, 11) is 1.99. The molecule has 0 fully saturated rings. The predicted molar refractivity (Wildman–Crippen MR) is 66.8 cm³/mol. The Labute approximate surface area is 101 Å². The van der Waals surface area contributed by atoms with Crippen molar-refractivity contribution in [1.82, 2.24) is 24.9 Å². The van der Waals surface area contributed by atoms with Crippen LogP contribution in [-0.4, -0.2) is 32.7 Å². The molecule has 0 spiro atoms. The molecule has 2 aromatic heterocycles. The van der Waals surface area contributed by atoms with Crippen LogP contribution in [0.1, 0.15) is 26.5 Å². The highest BCUT2D eigenvalue weighted by molar-refractivity contribution is 5.42. The summed E-state index contributed by atoms with van der Waals surface area (Å²) in [4.78, 5) is 4.42. The van der Waals surface area contributed by atoms with E-state index in [4.69, 9.17) is 0 Å². The fourth-order valence-electron chi connectivity index (χ4n) is 1.99. The van der Waals surface area contributed by atoms with Crippen LogP contribution in [0.4, 0.5) is 0 Å². The van der Waals surface area contributed by atoms with E-state index < -0.39 is 0 Å². The van der Waals surface area contributed by atoms with Crippen LogP contribution >= 0.6 is 0 Å². The van der Waals surface area contributed by atoms with Crippen molar-refractivity contribution in [1.29, 1.82) is 0 Å². The zero-order chi connectivity index (χ0) is 12.5. The number of rotatable bonds is 3. The fraction of sp³-hybridized carbons (Fsp3) is 0.583. The van der Waals surface area contributed by atoms with Gasteiger partial charge in [-0.15, -0.1) is 10.2 Å². The summed E-state index contributed by atoms with van der Waals surface area (Å²) in [5.74, 6) is 0. The number of hydrogen-bond donors (Lipinski definition) is 1. The highest BCUT2D eigenvalue weighted by Gasteiger charge is 2.24. The van der Waals surface area contributed by atoms with Gasteiger partial charge in [-0.05, 0) is 12.5 Å². The normalized spacial score (nSPS) is 14.1. The summed E-state index contributed by atoms with van der Waals surface area (Å²) in [5, 5.41) is 11.4. The standard InChI is InChI=1S/C12H19N5/c1-12(2,3)10(13-4)7-9-11-16-15-8-17(11)6-5-14-9/h5-6,8,10,13H,7H2,1-4H3. The van der Waals surface area contributed by atoms with Gasteiger partial charge in [-0.2, -0.15) is 0 Å². The molecule has 0 amide bonds. The Bertz CT molecular complexity index is 497. The van der Waals surface area contributed by atoms with Crippen molar-refractivity contribution in [3.8, 4) is 0 Å². The molecule has 1 N–H and O–H groups in total. The minimum atomic E-state index is 0.184. The smallest absolute Gasteiger partial charge is 0.182 e. The Hall–Kier alpha value is -1.49. The molecular formula is C12H19N5. The van der Waals surface area contributed by atoms with Crippen LogP contribution in [0.5, 0.6) is 0 Å². The lowest BCUT2D eigenvalue weighted by atomic mass is 9.84. The van der Waals surface area contributed by atoms with Crippen molar-refractivity contribution in [3.63, 3.8) is 0 Å². The summed E-state index contributed by atoms with van der Waals surface area (Å²) in [6.45, 7) is 6.66. The molecule has 0 bridgehead atoms. The van der Waals surface area contributed by atoms with Gasteiger partial charge in [0.2, 0.25) is 0 Å². The molecule has 0 saturated carbocycles. The first-order valence-corrected chi connectivity index (χ1v) is 5.83. The van der Waals surface area contributed by atoms with Gasteiger partial charge in [0.15, 0.2) is 5.65 Å². The highest BCUT2D eigenvalue weighted by atomic mass is 15.2. The van der Waals surface area contributed by atoms with Crippen molar-refractivity contribution in [2.45, 2.75) is 33.2 Å². The van der Waals surface area contributed by atoms with E-state index in [0.29, 0.717) is 6.04 Å². The molecule has 0 aliphatic rings. The van der Waals surface area contributed by atoms with Gasteiger partial charge in [-0.1, -0.05) is 20.8 Å². The number of nitrogens with one attached hydrogen (secondary N) is 1. The second-order valence-corrected chi connectivity index (χ2v) is 5.35. The lowest BCUT2D eigenvalue weighted by molar-refractivity contribution is 0.278. The molecule has 0 aliphatic heterocycles. The number of likely N-dealkylation sites (N-methyl/N-ethyl adjacent to an activating group) is 1. The maximum atomic E-state index is 4.42. The second kappa shape index (κ2) is 4.41. The van der Waals surface area contributed by atoms with Crippen molar-refractivity contribution < 1.29 is 0 Å². The molecule has 0 radical (unpaired) electrons. The Morgan fingerprint density at radius 1 is 1.41 bits per heavy atom. The Morgan fingerprint density at radius 3 is 2.82 bits per heavy atom. The molecule has 1 unspecified atom stereocenters. The summed E-state index contributed by atoms with van der Waals surface area (Å²) in [6.07, 6.45) is 6.21. The first kappa shape index (κ1) is 12.0. The van der Waals surface area contributed by atoms with Crippen LogP contribution in [0.2, 0.25) is 0 Å². The van der Waals surface area contributed by atoms with Crippen LogP contribution in [0.3, 0.4) is 0 Å². The number of hydrogen-bond acceptors (Lipinski definition) is 4. The Balaban J connectivity index is 2.31. The minimum absolute atomic E-state index is 0.184. The van der Waals surface area contributed by atoms with Crippen molar-refractivity contribution in [2.75, 3.05) is 7.05 Å². The van der Waals surface area contributed by atoms with E-state index in [2.05, 4.69) is 41.3 Å². The monoisotopic (exact) mass is 233 g/mol. The van der Waals surface area contributed by atoms with Gasteiger partial charge in [-0.3, -0.25) is 9.38 Å². The maximum absolute atomic E-state index is 4.42. The summed E-state index contributed by atoms with van der Waals surface area (Å²) in [5.41, 5.74) is 2.01. The van der Waals surface area contributed by atoms with E-state index in [9.17, 15) is 0 Å². The molecule has 2 heterocycles. The molecule has 5 nitrogen and oxygen atoms in total. The zero-order valence-electron chi connectivity index (χ0n) is 10.8. The van der Waals surface area contributed by atoms with E-state index in [1.165, 1.54) is 0 Å². The van der Waals surface area contributed by atoms with Gasteiger partial charge in [0.05, 0.1) is 5.69 Å². The Kier molecular flexibility index (Phi) is 3.11. The molecule has 0 saturated heterocycles. The van der Waals surface area contributed by atoms with Crippen LogP contribution < -0.4 is 5.32 Å². The first-order valence-electron chi connectivity index (χ1n) is 5.83. The third kappa shape index (κ3) is 2.44. The molecule has 1 atom stereocenters. The predicted octanol–water partition coefficient (Wildman–Crippen LogP) is 1.30. The van der Waals surface area contributed by atoms with Gasteiger partial charge in [0.1, 0.15) is 6.33 Å². The van der Waals surface area contributed by atoms with Crippen LogP contribution in [0, 0.1) is 5.41 Å².